The monoisotopic (exact) mass is 212 g/mol. The Morgan fingerprint density at radius 2 is 2.13 bits per heavy atom. The van der Waals surface area contributed by atoms with Gasteiger partial charge >= 0.3 is 0 Å². The van der Waals surface area contributed by atoms with Crippen LogP contribution in [0.4, 0.5) is 0 Å². The molecule has 2 unspecified atom stereocenters. The molecule has 2 fully saturated rings. The Hall–Kier alpha value is -0.120. The molecule has 2 heterocycles. The summed E-state index contributed by atoms with van der Waals surface area (Å²) >= 11 is 0. The summed E-state index contributed by atoms with van der Waals surface area (Å²) in [6.45, 7) is 10.3. The van der Waals surface area contributed by atoms with Gasteiger partial charge in [-0.25, -0.2) is 0 Å². The van der Waals surface area contributed by atoms with Crippen molar-refractivity contribution in [3.05, 3.63) is 0 Å². The van der Waals surface area contributed by atoms with E-state index in [1.807, 2.05) is 0 Å². The van der Waals surface area contributed by atoms with E-state index in [4.69, 9.17) is 4.74 Å². The average Bonchev–Trinajstić information content (AvgIpc) is 2.79. The van der Waals surface area contributed by atoms with Crippen LogP contribution < -0.4 is 5.32 Å². The predicted octanol–water partition coefficient (Wildman–Crippen LogP) is 1.24. The quantitative estimate of drug-likeness (QED) is 0.759. The molecule has 0 aromatic rings. The Balaban J connectivity index is 1.68. The molecular weight excluding hydrogens is 188 g/mol. The normalized spacial score (nSPS) is 37.6. The summed E-state index contributed by atoms with van der Waals surface area (Å²) < 4.78 is 5.61. The Bertz CT molecular complexity index is 204. The van der Waals surface area contributed by atoms with Crippen molar-refractivity contribution in [2.24, 2.45) is 0 Å². The van der Waals surface area contributed by atoms with E-state index in [1.54, 1.807) is 0 Å². The number of likely N-dealkylation sites (tertiary alicyclic amines) is 1. The van der Waals surface area contributed by atoms with Crippen LogP contribution in [0.1, 0.15) is 33.1 Å². The van der Waals surface area contributed by atoms with Crippen molar-refractivity contribution in [2.45, 2.75) is 44.8 Å². The molecule has 0 aromatic heterocycles. The third-order valence-corrected chi connectivity index (χ3v) is 4.04. The average molecular weight is 212 g/mol. The largest absolute Gasteiger partial charge is 0.377 e. The van der Waals surface area contributed by atoms with Gasteiger partial charge < -0.3 is 15.0 Å². The molecule has 0 bridgehead atoms. The van der Waals surface area contributed by atoms with Crippen molar-refractivity contribution in [1.29, 1.82) is 0 Å². The first-order valence-electron chi connectivity index (χ1n) is 6.30. The third-order valence-electron chi connectivity index (χ3n) is 4.04. The van der Waals surface area contributed by atoms with Gasteiger partial charge in [0, 0.05) is 25.2 Å². The molecule has 0 aliphatic carbocycles. The third kappa shape index (κ3) is 2.71. The SMILES string of the molecule is CC1OCCC1(C)NCCN1CCCC1. The van der Waals surface area contributed by atoms with Gasteiger partial charge in [0.1, 0.15) is 0 Å². The fourth-order valence-electron chi connectivity index (χ4n) is 2.57. The molecule has 0 aromatic carbocycles. The maximum absolute atomic E-state index is 5.61. The van der Waals surface area contributed by atoms with Gasteiger partial charge in [-0.2, -0.15) is 0 Å². The van der Waals surface area contributed by atoms with E-state index in [2.05, 4.69) is 24.1 Å². The minimum Gasteiger partial charge on any atom is -0.377 e. The highest BCUT2D eigenvalue weighted by Crippen LogP contribution is 2.24. The highest BCUT2D eigenvalue weighted by molar-refractivity contribution is 4.93. The van der Waals surface area contributed by atoms with Crippen molar-refractivity contribution < 1.29 is 4.74 Å². The molecule has 3 nitrogen and oxygen atoms in total. The molecule has 0 amide bonds. The highest BCUT2D eigenvalue weighted by Gasteiger charge is 2.36. The molecule has 2 aliphatic rings. The first-order valence-corrected chi connectivity index (χ1v) is 6.30. The summed E-state index contributed by atoms with van der Waals surface area (Å²) in [6.07, 6.45) is 4.28. The van der Waals surface area contributed by atoms with E-state index in [1.165, 1.54) is 32.5 Å². The van der Waals surface area contributed by atoms with Crippen LogP contribution in [0.2, 0.25) is 0 Å². The van der Waals surface area contributed by atoms with Crippen molar-refractivity contribution in [3.63, 3.8) is 0 Å². The van der Waals surface area contributed by atoms with E-state index in [0.29, 0.717) is 6.10 Å². The van der Waals surface area contributed by atoms with Crippen LogP contribution in [-0.2, 0) is 4.74 Å². The lowest BCUT2D eigenvalue weighted by molar-refractivity contribution is 0.0878. The van der Waals surface area contributed by atoms with E-state index >= 15 is 0 Å². The van der Waals surface area contributed by atoms with Crippen LogP contribution in [0.25, 0.3) is 0 Å². The topological polar surface area (TPSA) is 24.5 Å². The van der Waals surface area contributed by atoms with Crippen LogP contribution in [0.5, 0.6) is 0 Å². The summed E-state index contributed by atoms with van der Waals surface area (Å²) in [4.78, 5) is 2.55. The van der Waals surface area contributed by atoms with Gasteiger partial charge in [-0.1, -0.05) is 0 Å². The first kappa shape index (κ1) is 11.4. The van der Waals surface area contributed by atoms with Crippen LogP contribution in [0.3, 0.4) is 0 Å². The van der Waals surface area contributed by atoms with Gasteiger partial charge in [-0.15, -0.1) is 0 Å². The number of hydrogen-bond donors (Lipinski definition) is 1. The maximum Gasteiger partial charge on any atom is 0.0726 e. The first-order chi connectivity index (χ1) is 7.21. The van der Waals surface area contributed by atoms with Gasteiger partial charge in [0.25, 0.3) is 0 Å². The molecule has 2 saturated heterocycles. The Morgan fingerprint density at radius 3 is 2.73 bits per heavy atom. The molecule has 0 radical (unpaired) electrons. The second-order valence-corrected chi connectivity index (χ2v) is 5.16. The fourth-order valence-corrected chi connectivity index (χ4v) is 2.57. The van der Waals surface area contributed by atoms with E-state index in [9.17, 15) is 0 Å². The van der Waals surface area contributed by atoms with E-state index < -0.39 is 0 Å². The lowest BCUT2D eigenvalue weighted by Crippen LogP contribution is -2.50. The maximum atomic E-state index is 5.61. The lowest BCUT2D eigenvalue weighted by Gasteiger charge is -2.30. The van der Waals surface area contributed by atoms with Crippen LogP contribution in [-0.4, -0.2) is 49.3 Å². The number of ether oxygens (including phenoxy) is 1. The molecular formula is C12H24N2O. The van der Waals surface area contributed by atoms with Crippen LogP contribution >= 0.6 is 0 Å². The van der Waals surface area contributed by atoms with Crippen LogP contribution in [0.15, 0.2) is 0 Å². The lowest BCUT2D eigenvalue weighted by atomic mass is 9.95. The molecule has 2 rings (SSSR count). The smallest absolute Gasteiger partial charge is 0.0726 e. The number of nitrogens with zero attached hydrogens (tertiary/aromatic N) is 1. The molecule has 2 atom stereocenters. The molecule has 0 saturated carbocycles. The van der Waals surface area contributed by atoms with Gasteiger partial charge in [0.2, 0.25) is 0 Å². The summed E-state index contributed by atoms with van der Waals surface area (Å²) in [6, 6.07) is 0. The summed E-state index contributed by atoms with van der Waals surface area (Å²) in [5, 5.41) is 3.67. The zero-order valence-corrected chi connectivity index (χ0v) is 10.1. The van der Waals surface area contributed by atoms with Gasteiger partial charge in [-0.3, -0.25) is 0 Å². The molecule has 15 heavy (non-hydrogen) atoms. The number of hydrogen-bond acceptors (Lipinski definition) is 3. The zero-order valence-electron chi connectivity index (χ0n) is 10.1. The van der Waals surface area contributed by atoms with Gasteiger partial charge in [0.05, 0.1) is 6.10 Å². The Kier molecular flexibility index (Phi) is 3.65. The van der Waals surface area contributed by atoms with E-state index in [-0.39, 0.29) is 5.54 Å². The van der Waals surface area contributed by atoms with Crippen molar-refractivity contribution in [1.82, 2.24) is 10.2 Å². The number of rotatable bonds is 4. The van der Waals surface area contributed by atoms with E-state index in [0.717, 1.165) is 19.6 Å². The Morgan fingerprint density at radius 1 is 1.40 bits per heavy atom. The minimum atomic E-state index is 0.208. The summed E-state index contributed by atoms with van der Waals surface area (Å²) in [7, 11) is 0. The Labute approximate surface area is 93.2 Å². The number of nitrogens with one attached hydrogen (secondary N) is 1. The summed E-state index contributed by atoms with van der Waals surface area (Å²) in [5.74, 6) is 0. The zero-order chi connectivity index (χ0) is 10.7. The molecule has 2 aliphatic heterocycles. The highest BCUT2D eigenvalue weighted by atomic mass is 16.5. The molecule has 1 N–H and O–H groups in total. The second kappa shape index (κ2) is 4.81. The predicted molar refractivity (Wildman–Crippen MR) is 62.1 cm³/mol. The van der Waals surface area contributed by atoms with Gasteiger partial charge in [-0.05, 0) is 46.2 Å². The van der Waals surface area contributed by atoms with Crippen LogP contribution in [0, 0.1) is 0 Å². The molecule has 88 valence electrons. The van der Waals surface area contributed by atoms with Crippen molar-refractivity contribution in [3.8, 4) is 0 Å². The molecule has 3 heteroatoms. The summed E-state index contributed by atoms with van der Waals surface area (Å²) in [5.41, 5.74) is 0.208. The standard InChI is InChI=1S/C12H24N2O/c1-11-12(2,5-10-15-11)13-6-9-14-7-3-4-8-14/h11,13H,3-10H2,1-2H3. The van der Waals surface area contributed by atoms with Gasteiger partial charge in [0.15, 0.2) is 0 Å². The fraction of sp³-hybridized carbons (Fsp3) is 1.00. The minimum absolute atomic E-state index is 0.208. The van der Waals surface area contributed by atoms with Crippen molar-refractivity contribution >= 4 is 0 Å². The van der Waals surface area contributed by atoms with Crippen molar-refractivity contribution in [2.75, 3.05) is 32.8 Å². The molecule has 0 spiro atoms. The second-order valence-electron chi connectivity index (χ2n) is 5.16.